The second kappa shape index (κ2) is 5.72. The van der Waals surface area contributed by atoms with Gasteiger partial charge in [0.1, 0.15) is 0 Å². The molecule has 0 aliphatic carbocycles. The van der Waals surface area contributed by atoms with Crippen LogP contribution in [0, 0.1) is 27.7 Å². The molecule has 6 nitrogen and oxygen atoms in total. The molecule has 22 heavy (non-hydrogen) atoms. The zero-order valence-electron chi connectivity index (χ0n) is 13.4. The van der Waals surface area contributed by atoms with Gasteiger partial charge in [-0.15, -0.1) is 11.3 Å². The van der Waals surface area contributed by atoms with Crippen LogP contribution in [-0.4, -0.2) is 32.7 Å². The lowest BCUT2D eigenvalue weighted by molar-refractivity contribution is 0.207. The monoisotopic (exact) mass is 319 g/mol. The van der Waals surface area contributed by atoms with Crippen LogP contribution >= 0.6 is 11.3 Å². The quantitative estimate of drug-likeness (QED) is 0.890. The van der Waals surface area contributed by atoms with Gasteiger partial charge in [-0.25, -0.2) is 9.78 Å². The number of aromatic amines is 1. The number of nitrogens with one attached hydrogen (secondary N) is 2. The number of thiazole rings is 1. The van der Waals surface area contributed by atoms with Gasteiger partial charge in [0.15, 0.2) is 5.13 Å². The number of amides is 2. The van der Waals surface area contributed by atoms with Gasteiger partial charge in [0.2, 0.25) is 0 Å². The molecule has 1 aliphatic rings. The summed E-state index contributed by atoms with van der Waals surface area (Å²) in [6.45, 7) is 8.74. The molecule has 1 unspecified atom stereocenters. The van der Waals surface area contributed by atoms with Gasteiger partial charge in [-0.05, 0) is 40.5 Å². The maximum Gasteiger partial charge on any atom is 0.324 e. The largest absolute Gasteiger partial charge is 0.324 e. The molecule has 0 bridgehead atoms. The summed E-state index contributed by atoms with van der Waals surface area (Å²) in [5.74, 6) is 0. The van der Waals surface area contributed by atoms with E-state index in [9.17, 15) is 4.79 Å². The van der Waals surface area contributed by atoms with Crippen LogP contribution in [0.3, 0.4) is 0 Å². The number of nitrogens with zero attached hydrogens (tertiary/aromatic N) is 3. The van der Waals surface area contributed by atoms with E-state index < -0.39 is 0 Å². The fourth-order valence-corrected chi connectivity index (χ4v) is 3.85. The Morgan fingerprint density at radius 3 is 2.68 bits per heavy atom. The SMILES string of the molecule is Cc1nc(NC(=O)N2CCCC2c2c(C)n[nH]c2C)sc1C. The highest BCUT2D eigenvalue weighted by molar-refractivity contribution is 7.15. The number of H-pyrrole nitrogens is 1. The Kier molecular flexibility index (Phi) is 3.90. The normalized spacial score (nSPS) is 18.0. The van der Waals surface area contributed by atoms with Crippen molar-refractivity contribution in [3.05, 3.63) is 27.5 Å². The summed E-state index contributed by atoms with van der Waals surface area (Å²) >= 11 is 1.52. The molecule has 2 aromatic rings. The number of anilines is 1. The van der Waals surface area contributed by atoms with Crippen LogP contribution in [0.5, 0.6) is 0 Å². The minimum absolute atomic E-state index is 0.0729. The molecule has 3 rings (SSSR count). The summed E-state index contributed by atoms with van der Waals surface area (Å²) in [6.07, 6.45) is 1.99. The predicted molar refractivity (Wildman–Crippen MR) is 87.3 cm³/mol. The lowest BCUT2D eigenvalue weighted by atomic mass is 10.0. The van der Waals surface area contributed by atoms with Crippen molar-refractivity contribution in [1.82, 2.24) is 20.1 Å². The Morgan fingerprint density at radius 1 is 1.32 bits per heavy atom. The number of carbonyl (C=O) groups excluding carboxylic acids is 1. The first-order chi connectivity index (χ1) is 10.5. The number of aromatic nitrogens is 3. The molecule has 1 atom stereocenters. The molecule has 7 heteroatoms. The molecule has 118 valence electrons. The van der Waals surface area contributed by atoms with E-state index in [0.717, 1.165) is 46.9 Å². The van der Waals surface area contributed by atoms with Crippen LogP contribution in [0.25, 0.3) is 0 Å². The molecule has 1 fully saturated rings. The van der Waals surface area contributed by atoms with E-state index in [0.29, 0.717) is 5.13 Å². The van der Waals surface area contributed by atoms with Crippen molar-refractivity contribution < 1.29 is 4.79 Å². The molecular formula is C15H21N5OS. The summed E-state index contributed by atoms with van der Waals surface area (Å²) in [5.41, 5.74) is 4.14. The van der Waals surface area contributed by atoms with Crippen LogP contribution in [0.1, 0.15) is 46.4 Å². The van der Waals surface area contributed by atoms with Gasteiger partial charge >= 0.3 is 6.03 Å². The number of carbonyl (C=O) groups is 1. The Hall–Kier alpha value is -1.89. The number of likely N-dealkylation sites (tertiary alicyclic amines) is 1. The lowest BCUT2D eigenvalue weighted by Gasteiger charge is -2.25. The molecule has 1 saturated heterocycles. The van der Waals surface area contributed by atoms with E-state index in [2.05, 4.69) is 20.5 Å². The lowest BCUT2D eigenvalue weighted by Crippen LogP contribution is -2.34. The molecule has 3 heterocycles. The van der Waals surface area contributed by atoms with E-state index >= 15 is 0 Å². The van der Waals surface area contributed by atoms with Crippen LogP contribution in [0.4, 0.5) is 9.93 Å². The molecule has 1 aliphatic heterocycles. The second-order valence-corrected chi connectivity index (χ2v) is 6.99. The highest BCUT2D eigenvalue weighted by Crippen LogP contribution is 2.35. The first-order valence-electron chi connectivity index (χ1n) is 7.50. The van der Waals surface area contributed by atoms with E-state index in [1.54, 1.807) is 0 Å². The maximum atomic E-state index is 12.6. The standard InChI is InChI=1S/C15H21N5OS/c1-8-11(4)22-14(16-8)17-15(21)20-7-5-6-12(20)13-9(2)18-19-10(13)3/h12H,5-7H2,1-4H3,(H,18,19)(H,16,17,21). The molecule has 0 aromatic carbocycles. The van der Waals surface area contributed by atoms with Gasteiger partial charge < -0.3 is 4.90 Å². The van der Waals surface area contributed by atoms with Crippen molar-refractivity contribution in [3.8, 4) is 0 Å². The average molecular weight is 319 g/mol. The van der Waals surface area contributed by atoms with Crippen LogP contribution in [-0.2, 0) is 0 Å². The highest BCUT2D eigenvalue weighted by atomic mass is 32.1. The topological polar surface area (TPSA) is 73.9 Å². The van der Waals surface area contributed by atoms with Crippen LogP contribution < -0.4 is 5.32 Å². The van der Waals surface area contributed by atoms with Crippen molar-refractivity contribution in [2.75, 3.05) is 11.9 Å². The smallest absolute Gasteiger partial charge is 0.317 e. The minimum Gasteiger partial charge on any atom is -0.317 e. The van der Waals surface area contributed by atoms with Gasteiger partial charge in [-0.3, -0.25) is 10.4 Å². The summed E-state index contributed by atoms with van der Waals surface area (Å²) in [7, 11) is 0. The number of urea groups is 1. The third-order valence-electron chi connectivity index (χ3n) is 4.27. The van der Waals surface area contributed by atoms with E-state index in [-0.39, 0.29) is 12.1 Å². The third-order valence-corrected chi connectivity index (χ3v) is 5.26. The fraction of sp³-hybridized carbons (Fsp3) is 0.533. The first-order valence-corrected chi connectivity index (χ1v) is 8.32. The van der Waals surface area contributed by atoms with Crippen molar-refractivity contribution in [3.63, 3.8) is 0 Å². The Balaban J connectivity index is 1.79. The molecule has 2 aromatic heterocycles. The van der Waals surface area contributed by atoms with Crippen molar-refractivity contribution in [2.45, 2.75) is 46.6 Å². The van der Waals surface area contributed by atoms with Gasteiger partial charge in [-0.2, -0.15) is 5.10 Å². The van der Waals surface area contributed by atoms with Gasteiger partial charge in [0, 0.05) is 22.7 Å². The van der Waals surface area contributed by atoms with Crippen LogP contribution in [0.15, 0.2) is 0 Å². The second-order valence-electron chi connectivity index (χ2n) is 5.79. The summed E-state index contributed by atoms with van der Waals surface area (Å²) in [4.78, 5) is 20.0. The Morgan fingerprint density at radius 2 is 2.09 bits per heavy atom. The van der Waals surface area contributed by atoms with Crippen molar-refractivity contribution in [1.29, 1.82) is 0 Å². The number of rotatable bonds is 2. The van der Waals surface area contributed by atoms with Crippen LogP contribution in [0.2, 0.25) is 0 Å². The molecule has 0 spiro atoms. The van der Waals surface area contributed by atoms with Gasteiger partial charge in [0.25, 0.3) is 0 Å². The predicted octanol–water partition coefficient (Wildman–Crippen LogP) is 3.47. The average Bonchev–Trinajstić information content (AvgIpc) is 3.12. The summed E-state index contributed by atoms with van der Waals surface area (Å²) in [6, 6.07) is 0.0251. The van der Waals surface area contributed by atoms with Gasteiger partial charge in [0.05, 0.1) is 17.4 Å². The van der Waals surface area contributed by atoms with E-state index in [1.165, 1.54) is 11.3 Å². The van der Waals surface area contributed by atoms with Crippen molar-refractivity contribution >= 4 is 22.5 Å². The molecule has 0 radical (unpaired) electrons. The first kappa shape index (κ1) is 15.0. The van der Waals surface area contributed by atoms with Gasteiger partial charge in [-0.1, -0.05) is 0 Å². The fourth-order valence-electron chi connectivity index (χ4n) is 3.05. The zero-order chi connectivity index (χ0) is 15.9. The molecule has 2 amide bonds. The number of aryl methyl sites for hydroxylation is 4. The van der Waals surface area contributed by atoms with E-state index in [4.69, 9.17) is 0 Å². The third kappa shape index (κ3) is 2.61. The summed E-state index contributed by atoms with van der Waals surface area (Å²) in [5, 5.41) is 10.9. The molecule has 0 saturated carbocycles. The van der Waals surface area contributed by atoms with E-state index in [1.807, 2.05) is 32.6 Å². The molecular weight excluding hydrogens is 298 g/mol. The summed E-state index contributed by atoms with van der Waals surface area (Å²) < 4.78 is 0. The number of hydrogen-bond donors (Lipinski definition) is 2. The Bertz CT molecular complexity index is 666. The Labute approximate surface area is 133 Å². The maximum absolute atomic E-state index is 12.6. The van der Waals surface area contributed by atoms with Crippen molar-refractivity contribution in [2.24, 2.45) is 0 Å². The minimum atomic E-state index is -0.0729. The molecule has 2 N–H and O–H groups in total. The number of hydrogen-bond acceptors (Lipinski definition) is 4. The zero-order valence-corrected chi connectivity index (χ0v) is 14.2. The highest BCUT2D eigenvalue weighted by Gasteiger charge is 2.33.